The highest BCUT2D eigenvalue weighted by molar-refractivity contribution is 7.86. The quantitative estimate of drug-likeness (QED) is 0.473. The van der Waals surface area contributed by atoms with Gasteiger partial charge in [0.15, 0.2) is 29.1 Å². The number of pyridine rings is 1. The van der Waals surface area contributed by atoms with Crippen LogP contribution < -0.4 is 4.57 Å². The van der Waals surface area contributed by atoms with E-state index in [1.54, 1.807) is 0 Å². The SMILES string of the molecule is N#Cc1ccc[n+](Cc2ccccc2)c1.O=S(=O)([O-])C(F)(F)F. The largest absolute Gasteiger partial charge is 0.741 e. The molecule has 0 saturated carbocycles. The molecule has 0 saturated heterocycles. The first-order chi connectivity index (χ1) is 10.6. The summed E-state index contributed by atoms with van der Waals surface area (Å²) < 4.78 is 60.9. The first-order valence-corrected chi connectivity index (χ1v) is 7.49. The van der Waals surface area contributed by atoms with Crippen LogP contribution in [0.2, 0.25) is 0 Å². The molecule has 0 atom stereocenters. The number of benzene rings is 1. The number of rotatable bonds is 2. The summed E-state index contributed by atoms with van der Waals surface area (Å²) in [4.78, 5) is 0. The molecule has 122 valence electrons. The average molecular weight is 344 g/mol. The molecule has 1 aromatic heterocycles. The molecule has 0 aliphatic heterocycles. The minimum absolute atomic E-state index is 0.688. The molecule has 2 aromatic rings. The zero-order chi connectivity index (χ0) is 17.5. The number of nitrogens with zero attached hydrogens (tertiary/aromatic N) is 2. The third-order valence-corrected chi connectivity index (χ3v) is 3.05. The Hall–Kier alpha value is -2.44. The van der Waals surface area contributed by atoms with Gasteiger partial charge in [0.05, 0.1) is 0 Å². The van der Waals surface area contributed by atoms with E-state index in [1.807, 2.05) is 47.3 Å². The van der Waals surface area contributed by atoms with Gasteiger partial charge in [0.2, 0.25) is 0 Å². The predicted molar refractivity (Wildman–Crippen MR) is 72.6 cm³/mol. The Balaban J connectivity index is 0.000000284. The fourth-order valence-corrected chi connectivity index (χ4v) is 1.48. The van der Waals surface area contributed by atoms with Gasteiger partial charge >= 0.3 is 5.51 Å². The van der Waals surface area contributed by atoms with Gasteiger partial charge in [0.1, 0.15) is 11.6 Å². The van der Waals surface area contributed by atoms with Crippen LogP contribution in [0.15, 0.2) is 54.9 Å². The zero-order valence-electron chi connectivity index (χ0n) is 11.6. The van der Waals surface area contributed by atoms with Crippen LogP contribution in [0, 0.1) is 11.3 Å². The molecule has 2 rings (SSSR count). The molecule has 0 radical (unpaired) electrons. The Morgan fingerprint density at radius 3 is 2.17 bits per heavy atom. The fourth-order valence-electron chi connectivity index (χ4n) is 1.48. The Bertz CT molecular complexity index is 785. The topological polar surface area (TPSA) is 84.9 Å². The molecule has 5 nitrogen and oxygen atoms in total. The molecule has 9 heteroatoms. The summed E-state index contributed by atoms with van der Waals surface area (Å²) in [7, 11) is -6.09. The van der Waals surface area contributed by atoms with E-state index in [9.17, 15) is 13.2 Å². The Morgan fingerprint density at radius 2 is 1.70 bits per heavy atom. The van der Waals surface area contributed by atoms with Crippen LogP contribution >= 0.6 is 0 Å². The van der Waals surface area contributed by atoms with Crippen LogP contribution in [-0.2, 0) is 16.7 Å². The van der Waals surface area contributed by atoms with E-state index in [2.05, 4.69) is 18.2 Å². The highest BCUT2D eigenvalue weighted by Crippen LogP contribution is 2.20. The molecule has 0 amide bonds. The molecule has 23 heavy (non-hydrogen) atoms. The fraction of sp³-hybridized carbons (Fsp3) is 0.143. The second-order valence-corrected chi connectivity index (χ2v) is 5.63. The summed E-state index contributed by atoms with van der Waals surface area (Å²) >= 11 is 0. The van der Waals surface area contributed by atoms with Crippen molar-refractivity contribution in [2.45, 2.75) is 12.1 Å². The first kappa shape index (κ1) is 18.6. The van der Waals surface area contributed by atoms with Crippen molar-refractivity contribution in [3.63, 3.8) is 0 Å². The lowest BCUT2D eigenvalue weighted by Crippen LogP contribution is -2.33. The lowest BCUT2D eigenvalue weighted by molar-refractivity contribution is -0.688. The molecular weight excluding hydrogens is 333 g/mol. The first-order valence-electron chi connectivity index (χ1n) is 6.09. The van der Waals surface area contributed by atoms with E-state index < -0.39 is 15.6 Å². The van der Waals surface area contributed by atoms with Gasteiger partial charge in [-0.25, -0.2) is 8.42 Å². The standard InChI is InChI=1S/C13H11N2.CHF3O3S/c14-9-13-7-4-8-15(11-13)10-12-5-2-1-3-6-12;2-1(3,4)8(5,6)7/h1-8,11H,10H2;(H,5,6,7)/q+1;/p-1. The Labute approximate surface area is 131 Å². The summed E-state index contributed by atoms with van der Waals surface area (Å²) in [6.45, 7) is 0.802. The molecule has 0 aliphatic rings. The van der Waals surface area contributed by atoms with Crippen molar-refractivity contribution in [1.82, 2.24) is 0 Å². The van der Waals surface area contributed by atoms with Crippen molar-refractivity contribution in [3.8, 4) is 6.07 Å². The van der Waals surface area contributed by atoms with Crippen molar-refractivity contribution in [1.29, 1.82) is 5.26 Å². The molecule has 1 heterocycles. The van der Waals surface area contributed by atoms with Crippen molar-refractivity contribution in [2.24, 2.45) is 0 Å². The normalized spacial score (nSPS) is 11.1. The molecular formula is C14H11F3N2O3S. The van der Waals surface area contributed by atoms with Crippen molar-refractivity contribution >= 4 is 10.1 Å². The minimum Gasteiger partial charge on any atom is -0.741 e. The van der Waals surface area contributed by atoms with E-state index in [0.29, 0.717) is 5.56 Å². The van der Waals surface area contributed by atoms with E-state index in [0.717, 1.165) is 6.54 Å². The Kier molecular flexibility index (Phi) is 6.24. The molecule has 0 fully saturated rings. The molecule has 0 spiro atoms. The summed E-state index contributed by atoms with van der Waals surface area (Å²) in [5.41, 5.74) is -3.72. The number of nitriles is 1. The zero-order valence-corrected chi connectivity index (χ0v) is 12.4. The molecule has 0 bridgehead atoms. The lowest BCUT2D eigenvalue weighted by Gasteiger charge is -2.08. The molecule has 0 N–H and O–H groups in total. The smallest absolute Gasteiger partial charge is 0.485 e. The highest BCUT2D eigenvalue weighted by Gasteiger charge is 2.36. The minimum atomic E-state index is -6.09. The van der Waals surface area contributed by atoms with E-state index in [1.165, 1.54) is 5.56 Å². The highest BCUT2D eigenvalue weighted by atomic mass is 32.2. The van der Waals surface area contributed by atoms with E-state index in [-0.39, 0.29) is 0 Å². The maximum Gasteiger partial charge on any atom is 0.485 e. The number of aromatic nitrogens is 1. The van der Waals surface area contributed by atoms with Gasteiger partial charge in [0, 0.05) is 11.6 Å². The maximum atomic E-state index is 10.7. The van der Waals surface area contributed by atoms with Crippen molar-refractivity contribution in [2.75, 3.05) is 0 Å². The average Bonchev–Trinajstić information content (AvgIpc) is 2.47. The van der Waals surface area contributed by atoms with Gasteiger partial charge in [-0.05, 0) is 6.07 Å². The van der Waals surface area contributed by atoms with Crippen LogP contribution in [0.4, 0.5) is 13.2 Å². The maximum absolute atomic E-state index is 10.7. The van der Waals surface area contributed by atoms with Crippen molar-refractivity contribution < 1.29 is 30.7 Å². The van der Waals surface area contributed by atoms with Gasteiger partial charge < -0.3 is 4.55 Å². The molecule has 0 unspecified atom stereocenters. The third-order valence-electron chi connectivity index (χ3n) is 2.48. The number of halogens is 3. The van der Waals surface area contributed by atoms with Gasteiger partial charge in [0.25, 0.3) is 0 Å². The Morgan fingerprint density at radius 1 is 1.13 bits per heavy atom. The summed E-state index contributed by atoms with van der Waals surface area (Å²) in [5.74, 6) is 0. The predicted octanol–water partition coefficient (Wildman–Crippen LogP) is 1.95. The van der Waals surface area contributed by atoms with Crippen LogP contribution in [0.25, 0.3) is 0 Å². The van der Waals surface area contributed by atoms with Crippen LogP contribution in [0.3, 0.4) is 0 Å². The number of hydrogen-bond donors (Lipinski definition) is 0. The van der Waals surface area contributed by atoms with Gasteiger partial charge in [-0.2, -0.15) is 23.0 Å². The second-order valence-electron chi connectivity index (χ2n) is 4.26. The summed E-state index contributed by atoms with van der Waals surface area (Å²) in [6, 6.07) is 16.0. The van der Waals surface area contributed by atoms with E-state index in [4.69, 9.17) is 18.2 Å². The number of hydrogen-bond acceptors (Lipinski definition) is 4. The summed E-state index contributed by atoms with van der Waals surface area (Å²) in [6.07, 6.45) is 3.82. The van der Waals surface area contributed by atoms with Crippen LogP contribution in [-0.4, -0.2) is 18.5 Å². The van der Waals surface area contributed by atoms with E-state index >= 15 is 0 Å². The van der Waals surface area contributed by atoms with Gasteiger partial charge in [-0.3, -0.25) is 0 Å². The lowest BCUT2D eigenvalue weighted by atomic mass is 10.2. The van der Waals surface area contributed by atoms with Gasteiger partial charge in [-0.15, -0.1) is 0 Å². The van der Waals surface area contributed by atoms with Crippen LogP contribution in [0.5, 0.6) is 0 Å². The van der Waals surface area contributed by atoms with Gasteiger partial charge in [-0.1, -0.05) is 30.3 Å². The van der Waals surface area contributed by atoms with Crippen molar-refractivity contribution in [3.05, 3.63) is 66.0 Å². The molecule has 1 aromatic carbocycles. The monoisotopic (exact) mass is 344 g/mol. The number of alkyl halides is 3. The molecule has 0 aliphatic carbocycles. The third kappa shape index (κ3) is 6.46. The summed E-state index contributed by atoms with van der Waals surface area (Å²) in [5, 5.41) is 8.76. The second kappa shape index (κ2) is 7.71. The van der Waals surface area contributed by atoms with Crippen LogP contribution in [0.1, 0.15) is 11.1 Å².